The van der Waals surface area contributed by atoms with Crippen molar-refractivity contribution in [3.63, 3.8) is 0 Å². The summed E-state index contributed by atoms with van der Waals surface area (Å²) >= 11 is 0. The topological polar surface area (TPSA) is 62.0 Å². The molecule has 0 aliphatic carbocycles. The number of carboxylic acid groups (broad SMARTS) is 1. The van der Waals surface area contributed by atoms with Crippen LogP contribution in [-0.4, -0.2) is 40.3 Å². The van der Waals surface area contributed by atoms with Gasteiger partial charge in [0.15, 0.2) is 0 Å². The predicted molar refractivity (Wildman–Crippen MR) is 80.9 cm³/mol. The fourth-order valence-corrected chi connectivity index (χ4v) is 2.40. The quantitative estimate of drug-likeness (QED) is 0.677. The summed E-state index contributed by atoms with van der Waals surface area (Å²) < 4.78 is 1.66. The molecule has 0 aliphatic heterocycles. The van der Waals surface area contributed by atoms with Gasteiger partial charge in [-0.05, 0) is 24.1 Å². The van der Waals surface area contributed by atoms with Crippen LogP contribution in [0.15, 0.2) is 36.7 Å². The van der Waals surface area contributed by atoms with Crippen molar-refractivity contribution in [1.82, 2.24) is 9.30 Å². The standard InChI is InChI=1S/C16H18N2O3/c1-4-11-12-7-5-6-9-18(12)15(14(11)16(20)21)13(19)8-10-17(2)3/h5-10H,4H2,1-3H3,(H,20,21)/b10-8+. The molecule has 5 heteroatoms. The first-order chi connectivity index (χ1) is 9.97. The molecule has 0 saturated carbocycles. The maximum Gasteiger partial charge on any atom is 0.338 e. The number of carboxylic acids is 1. The minimum absolute atomic E-state index is 0.0945. The Kier molecular flexibility index (Phi) is 4.12. The van der Waals surface area contributed by atoms with Gasteiger partial charge in [0.25, 0.3) is 0 Å². The van der Waals surface area contributed by atoms with Gasteiger partial charge < -0.3 is 14.4 Å². The van der Waals surface area contributed by atoms with Crippen molar-refractivity contribution in [3.05, 3.63) is 53.5 Å². The van der Waals surface area contributed by atoms with Crippen molar-refractivity contribution in [3.8, 4) is 0 Å². The molecule has 5 nitrogen and oxygen atoms in total. The van der Waals surface area contributed by atoms with E-state index in [9.17, 15) is 14.7 Å². The molecule has 0 spiro atoms. The van der Waals surface area contributed by atoms with Crippen LogP contribution < -0.4 is 0 Å². The lowest BCUT2D eigenvalue weighted by atomic mass is 10.1. The lowest BCUT2D eigenvalue weighted by molar-refractivity contribution is 0.0691. The smallest absolute Gasteiger partial charge is 0.338 e. The van der Waals surface area contributed by atoms with Crippen LogP contribution in [-0.2, 0) is 6.42 Å². The van der Waals surface area contributed by atoms with Crippen LogP contribution in [0.2, 0.25) is 0 Å². The maximum atomic E-state index is 12.4. The zero-order valence-corrected chi connectivity index (χ0v) is 12.3. The third-order valence-electron chi connectivity index (χ3n) is 3.27. The van der Waals surface area contributed by atoms with Crippen LogP contribution in [0.1, 0.15) is 33.3 Å². The van der Waals surface area contributed by atoms with Crippen molar-refractivity contribution in [2.75, 3.05) is 14.1 Å². The molecule has 0 fully saturated rings. The van der Waals surface area contributed by atoms with E-state index in [1.54, 1.807) is 41.9 Å². The largest absolute Gasteiger partial charge is 0.478 e. The highest BCUT2D eigenvalue weighted by molar-refractivity contribution is 6.12. The van der Waals surface area contributed by atoms with Gasteiger partial charge in [0, 0.05) is 38.1 Å². The number of allylic oxidation sites excluding steroid dienone is 1. The summed E-state index contributed by atoms with van der Waals surface area (Å²) in [7, 11) is 3.60. The normalized spacial score (nSPS) is 11.2. The number of nitrogens with zero attached hydrogens (tertiary/aromatic N) is 2. The van der Waals surface area contributed by atoms with Gasteiger partial charge in [0.2, 0.25) is 5.78 Å². The Balaban J connectivity index is 2.74. The van der Waals surface area contributed by atoms with Crippen molar-refractivity contribution in [1.29, 1.82) is 0 Å². The molecule has 0 aliphatic rings. The zero-order valence-electron chi connectivity index (χ0n) is 12.3. The van der Waals surface area contributed by atoms with Gasteiger partial charge in [-0.15, -0.1) is 0 Å². The Morgan fingerprint density at radius 1 is 1.33 bits per heavy atom. The summed E-state index contributed by atoms with van der Waals surface area (Å²) in [5, 5.41) is 9.50. The summed E-state index contributed by atoms with van der Waals surface area (Å²) in [6, 6.07) is 5.45. The molecule has 2 heterocycles. The number of carbonyl (C=O) groups excluding carboxylic acids is 1. The number of pyridine rings is 1. The summed E-state index contributed by atoms with van der Waals surface area (Å²) in [6.45, 7) is 1.89. The molecule has 2 rings (SSSR count). The molecule has 0 bridgehead atoms. The Morgan fingerprint density at radius 3 is 2.62 bits per heavy atom. The average Bonchev–Trinajstić information content (AvgIpc) is 2.79. The van der Waals surface area contributed by atoms with E-state index >= 15 is 0 Å². The van der Waals surface area contributed by atoms with Crippen molar-refractivity contribution in [2.24, 2.45) is 0 Å². The van der Waals surface area contributed by atoms with Gasteiger partial charge in [0.1, 0.15) is 5.69 Å². The van der Waals surface area contributed by atoms with E-state index in [2.05, 4.69) is 0 Å². The fraction of sp³-hybridized carbons (Fsp3) is 0.250. The third-order valence-corrected chi connectivity index (χ3v) is 3.27. The van der Waals surface area contributed by atoms with Gasteiger partial charge >= 0.3 is 5.97 Å². The number of rotatable bonds is 5. The number of aromatic carboxylic acids is 1. The Hall–Kier alpha value is -2.56. The van der Waals surface area contributed by atoms with E-state index in [0.29, 0.717) is 12.0 Å². The highest BCUT2D eigenvalue weighted by atomic mass is 16.4. The molecule has 110 valence electrons. The van der Waals surface area contributed by atoms with Crippen molar-refractivity contribution >= 4 is 17.3 Å². The average molecular weight is 286 g/mol. The SMILES string of the molecule is CCc1c(C(=O)O)c(C(=O)/C=C/N(C)C)n2ccccc12. The minimum Gasteiger partial charge on any atom is -0.478 e. The molecule has 0 unspecified atom stereocenters. The van der Waals surface area contributed by atoms with Gasteiger partial charge in [0.05, 0.1) is 5.56 Å². The van der Waals surface area contributed by atoms with Gasteiger partial charge in [-0.2, -0.15) is 0 Å². The highest BCUT2D eigenvalue weighted by Crippen LogP contribution is 2.25. The number of hydrogen-bond donors (Lipinski definition) is 1. The van der Waals surface area contributed by atoms with Crippen LogP contribution in [0.25, 0.3) is 5.52 Å². The van der Waals surface area contributed by atoms with Crippen LogP contribution in [0.4, 0.5) is 0 Å². The first-order valence-electron chi connectivity index (χ1n) is 6.71. The van der Waals surface area contributed by atoms with Gasteiger partial charge in [-0.25, -0.2) is 4.79 Å². The molecule has 0 atom stereocenters. The molecule has 0 saturated heterocycles. The second-order valence-corrected chi connectivity index (χ2v) is 4.96. The first kappa shape index (κ1) is 14.8. The fourth-order valence-electron chi connectivity index (χ4n) is 2.40. The molecular weight excluding hydrogens is 268 g/mol. The summed E-state index contributed by atoms with van der Waals surface area (Å²) in [5.41, 5.74) is 1.74. The van der Waals surface area contributed by atoms with E-state index < -0.39 is 5.97 Å². The van der Waals surface area contributed by atoms with Crippen molar-refractivity contribution < 1.29 is 14.7 Å². The van der Waals surface area contributed by atoms with E-state index in [-0.39, 0.29) is 17.0 Å². The van der Waals surface area contributed by atoms with Gasteiger partial charge in [-0.1, -0.05) is 13.0 Å². The molecule has 0 aromatic carbocycles. The number of carbonyl (C=O) groups is 2. The van der Waals surface area contributed by atoms with E-state index in [4.69, 9.17) is 0 Å². The van der Waals surface area contributed by atoms with E-state index in [0.717, 1.165) is 5.52 Å². The molecule has 0 radical (unpaired) electrons. The first-order valence-corrected chi connectivity index (χ1v) is 6.71. The third kappa shape index (κ3) is 2.67. The second-order valence-electron chi connectivity index (χ2n) is 4.96. The Morgan fingerprint density at radius 2 is 2.05 bits per heavy atom. The Bertz CT molecular complexity index is 726. The van der Waals surface area contributed by atoms with Crippen LogP contribution in [0.5, 0.6) is 0 Å². The number of ketones is 1. The molecule has 2 aromatic heterocycles. The van der Waals surface area contributed by atoms with E-state index in [1.807, 2.05) is 19.1 Å². The Labute approximate surface area is 123 Å². The maximum absolute atomic E-state index is 12.4. The number of aromatic nitrogens is 1. The minimum atomic E-state index is -1.07. The number of hydrogen-bond acceptors (Lipinski definition) is 3. The zero-order chi connectivity index (χ0) is 15.6. The molecule has 1 N–H and O–H groups in total. The van der Waals surface area contributed by atoms with Crippen molar-refractivity contribution in [2.45, 2.75) is 13.3 Å². The molecular formula is C16H18N2O3. The van der Waals surface area contributed by atoms with Crippen LogP contribution >= 0.6 is 0 Å². The second kappa shape index (κ2) is 5.83. The molecule has 21 heavy (non-hydrogen) atoms. The summed E-state index contributed by atoms with van der Waals surface area (Å²) in [6.07, 6.45) is 5.28. The summed E-state index contributed by atoms with van der Waals surface area (Å²) in [5.74, 6) is -1.39. The molecule has 2 aromatic rings. The summed E-state index contributed by atoms with van der Waals surface area (Å²) in [4.78, 5) is 25.8. The highest BCUT2D eigenvalue weighted by Gasteiger charge is 2.25. The molecule has 0 amide bonds. The lowest BCUT2D eigenvalue weighted by Crippen LogP contribution is -2.10. The number of aryl methyl sites for hydroxylation is 1. The van der Waals surface area contributed by atoms with Crippen LogP contribution in [0, 0.1) is 0 Å². The van der Waals surface area contributed by atoms with E-state index in [1.165, 1.54) is 6.08 Å². The predicted octanol–water partition coefficient (Wildman–Crippen LogP) is 2.46. The number of fused-ring (bicyclic) bond motifs is 1. The van der Waals surface area contributed by atoms with Gasteiger partial charge in [-0.3, -0.25) is 4.79 Å². The lowest BCUT2D eigenvalue weighted by Gasteiger charge is -2.04. The van der Waals surface area contributed by atoms with Crippen LogP contribution in [0.3, 0.4) is 0 Å². The monoisotopic (exact) mass is 286 g/mol.